The van der Waals surface area contributed by atoms with Gasteiger partial charge in [-0.05, 0) is 0 Å². The molecule has 0 spiro atoms. The number of hydrogen-bond donors (Lipinski definition) is 3. The molecule has 1 aromatic rings. The van der Waals surface area contributed by atoms with Gasteiger partial charge in [-0.1, -0.05) is 0 Å². The molecule has 3 N–H and O–H groups in total. The van der Waals surface area contributed by atoms with E-state index in [1.807, 2.05) is 0 Å². The third-order valence-electron chi connectivity index (χ3n) is 1.85. The van der Waals surface area contributed by atoms with Crippen LogP contribution in [0.5, 0.6) is 5.75 Å². The third-order valence-corrected chi connectivity index (χ3v) is 5.00. The van der Waals surface area contributed by atoms with Crippen LogP contribution in [0.25, 0.3) is 0 Å². The van der Waals surface area contributed by atoms with E-state index in [9.17, 15) is 22.5 Å². The summed E-state index contributed by atoms with van der Waals surface area (Å²) in [6.07, 6.45) is 0. The molecule has 1 unspecified atom stereocenters. The van der Waals surface area contributed by atoms with Gasteiger partial charge in [0.15, 0.2) is 0 Å². The molecule has 1 amide bonds. The fourth-order valence-electron chi connectivity index (χ4n) is 1.28. The second-order valence-corrected chi connectivity index (χ2v) is 7.06. The van der Waals surface area contributed by atoms with Crippen molar-refractivity contribution in [2.24, 2.45) is 0 Å². The van der Waals surface area contributed by atoms with Crippen molar-refractivity contribution in [3.05, 3.63) is 18.2 Å². The van der Waals surface area contributed by atoms with Crippen molar-refractivity contribution in [2.45, 2.75) is 13.8 Å². The zero-order valence-electron chi connectivity index (χ0n) is 9.71. The van der Waals surface area contributed by atoms with Crippen LogP contribution in [0.3, 0.4) is 0 Å². The van der Waals surface area contributed by atoms with Gasteiger partial charge >= 0.3 is 105 Å². The van der Waals surface area contributed by atoms with Crippen LogP contribution < -0.4 is 9.67 Å². The van der Waals surface area contributed by atoms with E-state index in [2.05, 4.69) is 9.04 Å². The van der Waals surface area contributed by atoms with Gasteiger partial charge in [-0.15, -0.1) is 0 Å². The summed E-state index contributed by atoms with van der Waals surface area (Å²) in [7, 11) is 0. The first kappa shape index (κ1) is 14.3. The van der Waals surface area contributed by atoms with Gasteiger partial charge in [-0.25, -0.2) is 0 Å². The van der Waals surface area contributed by atoms with Crippen LogP contribution in [0.2, 0.25) is 0 Å². The van der Waals surface area contributed by atoms with Crippen molar-refractivity contribution < 1.29 is 26.3 Å². The van der Waals surface area contributed by atoms with Crippen LogP contribution in [0, 0.1) is 0 Å². The molecule has 18 heavy (non-hydrogen) atoms. The summed E-state index contributed by atoms with van der Waals surface area (Å²) in [5.74, 6) is -1.58. The van der Waals surface area contributed by atoms with E-state index in [0.29, 0.717) is 0 Å². The Labute approximate surface area is 106 Å². The summed E-state index contributed by atoms with van der Waals surface area (Å²) in [6.45, 7) is 2.21. The Hall–Kier alpha value is -1.72. The number of aromatic hydroxyl groups is 1. The van der Waals surface area contributed by atoms with Gasteiger partial charge in [-0.3, -0.25) is 0 Å². The Kier molecular flexibility index (Phi) is 4.21. The number of carbonyl (C=O) groups is 2. The summed E-state index contributed by atoms with van der Waals surface area (Å²) in [6, 6.07) is 3.39. The molecule has 7 nitrogen and oxygen atoms in total. The van der Waals surface area contributed by atoms with Crippen LogP contribution in [-0.2, 0) is 17.1 Å². The van der Waals surface area contributed by atoms with Crippen molar-refractivity contribution in [3.63, 3.8) is 0 Å². The molecule has 0 bridgehead atoms. The van der Waals surface area contributed by atoms with Gasteiger partial charge in [-0.2, -0.15) is 0 Å². The minimum atomic E-state index is -5.07. The summed E-state index contributed by atoms with van der Waals surface area (Å²) >= 11 is -5.07. The van der Waals surface area contributed by atoms with Crippen LogP contribution in [0.15, 0.2) is 18.2 Å². The molecule has 0 heterocycles. The molecule has 0 aliphatic rings. The predicted octanol–water partition coefficient (Wildman–Crippen LogP) is -0.518. The molecule has 1 atom stereocenters. The zero-order valence-corrected chi connectivity index (χ0v) is 11.6. The van der Waals surface area contributed by atoms with Gasteiger partial charge in [0.1, 0.15) is 0 Å². The number of amides is 1. The molecule has 0 aliphatic carbocycles. The number of nitrogens with one attached hydrogen (secondary N) is 1. The van der Waals surface area contributed by atoms with E-state index in [4.69, 9.17) is 0 Å². The van der Waals surface area contributed by atoms with E-state index in [1.165, 1.54) is 6.92 Å². The maximum absolute atomic E-state index is 11.9. The molecule has 0 saturated carbocycles. The standard InChI is InChI=1S/C10H12AsNO6/c1-6(13)12-10-5-8(15)3-4-9(10)11(16,17)18-7(2)14/h3-5,15H,1-2H3,(H,12,13)(H,16,17). The molecule has 0 aliphatic heterocycles. The second kappa shape index (κ2) is 5.28. The Morgan fingerprint density at radius 1 is 1.33 bits per heavy atom. The first-order chi connectivity index (χ1) is 8.22. The van der Waals surface area contributed by atoms with E-state index in [0.717, 1.165) is 25.1 Å². The third kappa shape index (κ3) is 3.65. The minimum absolute atomic E-state index is 0.0613. The Balaban J connectivity index is 3.26. The maximum atomic E-state index is 11.9. The Morgan fingerprint density at radius 3 is 2.44 bits per heavy atom. The van der Waals surface area contributed by atoms with Gasteiger partial charge in [0.25, 0.3) is 0 Å². The molecule has 1 aromatic carbocycles. The molecular weight excluding hydrogens is 305 g/mol. The van der Waals surface area contributed by atoms with Gasteiger partial charge in [0.05, 0.1) is 0 Å². The quantitative estimate of drug-likeness (QED) is 0.647. The van der Waals surface area contributed by atoms with Gasteiger partial charge < -0.3 is 0 Å². The first-order valence-corrected chi connectivity index (χ1v) is 8.17. The van der Waals surface area contributed by atoms with Crippen LogP contribution in [0.4, 0.5) is 5.69 Å². The predicted molar refractivity (Wildman–Crippen MR) is 62.5 cm³/mol. The van der Waals surface area contributed by atoms with Crippen molar-refractivity contribution in [2.75, 3.05) is 5.32 Å². The van der Waals surface area contributed by atoms with Crippen molar-refractivity contribution in [1.82, 2.24) is 0 Å². The molecule has 98 valence electrons. The van der Waals surface area contributed by atoms with Gasteiger partial charge in [0, 0.05) is 0 Å². The van der Waals surface area contributed by atoms with Crippen LogP contribution in [-0.4, -0.2) is 35.3 Å². The topological polar surface area (TPSA) is 113 Å². The average Bonchev–Trinajstić information content (AvgIpc) is 2.13. The summed E-state index contributed by atoms with van der Waals surface area (Å²) in [5, 5.41) is 11.6. The number of carbonyl (C=O) groups excluding carboxylic acids is 2. The zero-order chi connectivity index (χ0) is 13.9. The number of phenols is 1. The number of benzene rings is 1. The van der Waals surface area contributed by atoms with E-state index < -0.39 is 26.0 Å². The molecular formula is C10H12AsNO6. The first-order valence-electron chi connectivity index (χ1n) is 4.86. The Morgan fingerprint density at radius 2 is 1.94 bits per heavy atom. The monoisotopic (exact) mass is 317 g/mol. The number of rotatable bonds is 3. The molecule has 8 heteroatoms. The Bertz CT molecular complexity index is 541. The fourth-order valence-corrected chi connectivity index (χ4v) is 3.66. The number of phenolic OH excluding ortho intramolecular Hbond substituents is 1. The molecule has 0 radical (unpaired) electrons. The summed E-state index contributed by atoms with van der Waals surface area (Å²) < 4.78 is 25.7. The normalized spacial score (nSPS) is 13.5. The molecule has 1 rings (SSSR count). The average molecular weight is 317 g/mol. The fraction of sp³-hybridized carbons (Fsp3) is 0.200. The summed E-state index contributed by atoms with van der Waals surface area (Å²) in [5.41, 5.74) is -0.0613. The summed E-state index contributed by atoms with van der Waals surface area (Å²) in [4.78, 5) is 21.7. The molecule has 0 saturated heterocycles. The van der Waals surface area contributed by atoms with Crippen molar-refractivity contribution >= 4 is 36.1 Å². The number of anilines is 1. The second-order valence-electron chi connectivity index (χ2n) is 3.49. The number of hydrogen-bond acceptors (Lipinski definition) is 5. The molecule has 0 fully saturated rings. The van der Waals surface area contributed by atoms with Crippen LogP contribution >= 0.6 is 0 Å². The van der Waals surface area contributed by atoms with E-state index in [1.54, 1.807) is 0 Å². The van der Waals surface area contributed by atoms with Crippen LogP contribution in [0.1, 0.15) is 13.8 Å². The van der Waals surface area contributed by atoms with Crippen molar-refractivity contribution in [3.8, 4) is 5.75 Å². The SMILES string of the molecule is CC(=O)Nc1cc(O)ccc1[As](=O)(O)OC(C)=O. The van der Waals surface area contributed by atoms with E-state index in [-0.39, 0.29) is 15.8 Å². The van der Waals surface area contributed by atoms with E-state index >= 15 is 0 Å². The van der Waals surface area contributed by atoms with Crippen molar-refractivity contribution in [1.29, 1.82) is 0 Å². The molecule has 0 aromatic heterocycles. The van der Waals surface area contributed by atoms with Gasteiger partial charge in [0.2, 0.25) is 0 Å².